The number of hydrogen-bond donors (Lipinski definition) is 2. The van der Waals surface area contributed by atoms with Crippen LogP contribution in [0.3, 0.4) is 0 Å². The highest BCUT2D eigenvalue weighted by Gasteiger charge is 2.50. The molecular formula is C23H21FN8O3S. The van der Waals surface area contributed by atoms with Gasteiger partial charge in [0.25, 0.3) is 0 Å². The summed E-state index contributed by atoms with van der Waals surface area (Å²) in [7, 11) is 0. The van der Waals surface area contributed by atoms with E-state index in [0.717, 1.165) is 5.69 Å². The molecule has 0 bridgehead atoms. The predicted octanol–water partition coefficient (Wildman–Crippen LogP) is 2.48. The van der Waals surface area contributed by atoms with Gasteiger partial charge in [0.2, 0.25) is 0 Å². The molecular weight excluding hydrogens is 487 g/mol. The van der Waals surface area contributed by atoms with E-state index >= 15 is 0 Å². The summed E-state index contributed by atoms with van der Waals surface area (Å²) in [5, 5.41) is 18.6. The number of fused-ring (bicyclic) bond motifs is 1. The fourth-order valence-electron chi connectivity index (χ4n) is 4.35. The zero-order valence-electron chi connectivity index (χ0n) is 18.8. The summed E-state index contributed by atoms with van der Waals surface area (Å²) in [5.41, 5.74) is 1.64. The average molecular weight is 509 g/mol. The Morgan fingerprint density at radius 2 is 1.86 bits per heavy atom. The molecule has 11 nitrogen and oxygen atoms in total. The average Bonchev–Trinajstić information content (AvgIpc) is 3.68. The van der Waals surface area contributed by atoms with Crippen LogP contribution in [0.2, 0.25) is 0 Å². The van der Waals surface area contributed by atoms with Crippen molar-refractivity contribution in [2.24, 2.45) is 0 Å². The van der Waals surface area contributed by atoms with Crippen LogP contribution >= 0.6 is 12.2 Å². The number of benzene rings is 2. The number of halogens is 1. The maximum atomic E-state index is 13.1. The Kier molecular flexibility index (Phi) is 6.01. The molecule has 6 rings (SSSR count). The van der Waals surface area contributed by atoms with Gasteiger partial charge >= 0.3 is 6.01 Å². The Labute approximate surface area is 210 Å². The number of thiocarbonyl (C=S) groups is 1. The third-order valence-electron chi connectivity index (χ3n) is 6.07. The van der Waals surface area contributed by atoms with Crippen molar-refractivity contribution in [2.45, 2.75) is 24.3 Å². The van der Waals surface area contributed by atoms with Gasteiger partial charge in [0.05, 0.1) is 25.6 Å². The van der Waals surface area contributed by atoms with Crippen molar-refractivity contribution < 1.29 is 18.6 Å². The highest BCUT2D eigenvalue weighted by atomic mass is 32.1. The lowest BCUT2D eigenvalue weighted by Crippen LogP contribution is -2.45. The van der Waals surface area contributed by atoms with Crippen LogP contribution in [-0.4, -0.2) is 66.3 Å². The number of anilines is 1. The molecule has 0 amide bonds. The molecule has 2 N–H and O–H groups in total. The SMILES string of the molecule is Fc1ccc(NC(=S)N[C@@H]2CO[C@@H]3[C@@H]2OC[C@@H]3n2nnnc2Oc2ccc(-n3ccnc3)cc2)cc1. The number of nitrogens with zero attached hydrogens (tertiary/aromatic N) is 6. The van der Waals surface area contributed by atoms with E-state index in [0.29, 0.717) is 29.8 Å². The van der Waals surface area contributed by atoms with Crippen LogP contribution < -0.4 is 15.4 Å². The van der Waals surface area contributed by atoms with Crippen LogP contribution in [0.1, 0.15) is 6.04 Å². The molecule has 36 heavy (non-hydrogen) atoms. The number of aromatic nitrogens is 6. The van der Waals surface area contributed by atoms with Gasteiger partial charge < -0.3 is 29.4 Å². The van der Waals surface area contributed by atoms with Crippen LogP contribution in [0.25, 0.3) is 5.69 Å². The van der Waals surface area contributed by atoms with Crippen LogP contribution in [0.15, 0.2) is 67.3 Å². The largest absolute Gasteiger partial charge is 0.423 e. The first kappa shape index (κ1) is 22.5. The molecule has 2 aromatic carbocycles. The van der Waals surface area contributed by atoms with Crippen molar-refractivity contribution in [3.8, 4) is 17.4 Å². The van der Waals surface area contributed by atoms with E-state index in [2.05, 4.69) is 31.1 Å². The van der Waals surface area contributed by atoms with Gasteiger partial charge in [-0.05, 0) is 71.2 Å². The molecule has 4 aromatic rings. The summed E-state index contributed by atoms with van der Waals surface area (Å²) < 4.78 is 34.7. The van der Waals surface area contributed by atoms with Crippen molar-refractivity contribution in [2.75, 3.05) is 18.5 Å². The van der Waals surface area contributed by atoms with Gasteiger partial charge in [-0.25, -0.2) is 9.37 Å². The van der Waals surface area contributed by atoms with E-state index in [4.69, 9.17) is 26.4 Å². The molecule has 2 aliphatic rings. The van der Waals surface area contributed by atoms with Crippen molar-refractivity contribution in [3.05, 3.63) is 73.1 Å². The maximum Gasteiger partial charge on any atom is 0.341 e. The molecule has 0 radical (unpaired) electrons. The van der Waals surface area contributed by atoms with Gasteiger partial charge in [0.1, 0.15) is 29.8 Å². The lowest BCUT2D eigenvalue weighted by atomic mass is 10.1. The molecule has 0 aliphatic carbocycles. The Hall–Kier alpha value is -3.94. The molecule has 0 spiro atoms. The third-order valence-corrected chi connectivity index (χ3v) is 6.29. The van der Waals surface area contributed by atoms with Crippen molar-refractivity contribution in [3.63, 3.8) is 0 Å². The predicted molar refractivity (Wildman–Crippen MR) is 130 cm³/mol. The molecule has 0 unspecified atom stereocenters. The van der Waals surface area contributed by atoms with Crippen LogP contribution in [-0.2, 0) is 9.47 Å². The molecule has 2 aromatic heterocycles. The van der Waals surface area contributed by atoms with Crippen LogP contribution in [0.5, 0.6) is 11.8 Å². The van der Waals surface area contributed by atoms with E-state index < -0.39 is 0 Å². The van der Waals surface area contributed by atoms with E-state index in [1.54, 1.807) is 29.3 Å². The first-order chi connectivity index (χ1) is 17.6. The highest BCUT2D eigenvalue weighted by Crippen LogP contribution is 2.36. The lowest BCUT2D eigenvalue weighted by molar-refractivity contribution is 0.0615. The summed E-state index contributed by atoms with van der Waals surface area (Å²) in [4.78, 5) is 4.06. The smallest absolute Gasteiger partial charge is 0.341 e. The van der Waals surface area contributed by atoms with Gasteiger partial charge in [-0.2, -0.15) is 4.68 Å². The van der Waals surface area contributed by atoms with Crippen LogP contribution in [0, 0.1) is 5.82 Å². The number of hydrogen-bond acceptors (Lipinski definition) is 8. The second-order valence-corrected chi connectivity index (χ2v) is 8.76. The summed E-state index contributed by atoms with van der Waals surface area (Å²) in [6.45, 7) is 0.748. The molecule has 4 heterocycles. The first-order valence-corrected chi connectivity index (χ1v) is 11.7. The van der Waals surface area contributed by atoms with Crippen LogP contribution in [0.4, 0.5) is 10.1 Å². The summed E-state index contributed by atoms with van der Waals surface area (Å²) in [5.74, 6) is 0.281. The monoisotopic (exact) mass is 508 g/mol. The lowest BCUT2D eigenvalue weighted by Gasteiger charge is -2.20. The number of imidazole rings is 1. The zero-order chi connectivity index (χ0) is 24.5. The van der Waals surface area contributed by atoms with Gasteiger partial charge in [0.15, 0.2) is 5.11 Å². The molecule has 13 heteroatoms. The van der Waals surface area contributed by atoms with Crippen molar-refractivity contribution in [1.29, 1.82) is 0 Å². The Morgan fingerprint density at radius 3 is 2.64 bits per heavy atom. The van der Waals surface area contributed by atoms with Gasteiger partial charge in [-0.15, -0.1) is 0 Å². The number of ether oxygens (including phenoxy) is 3. The summed E-state index contributed by atoms with van der Waals surface area (Å²) in [6.07, 6.45) is 4.76. The highest BCUT2D eigenvalue weighted by molar-refractivity contribution is 7.80. The Morgan fingerprint density at radius 1 is 1.06 bits per heavy atom. The second-order valence-electron chi connectivity index (χ2n) is 8.35. The van der Waals surface area contributed by atoms with E-state index in [1.807, 2.05) is 35.0 Å². The fraction of sp³-hybridized carbons (Fsp3) is 0.261. The topological polar surface area (TPSA) is 113 Å². The third kappa shape index (κ3) is 4.51. The minimum absolute atomic E-state index is 0.169. The van der Waals surface area contributed by atoms with Gasteiger partial charge in [-0.1, -0.05) is 5.10 Å². The number of rotatable bonds is 6. The quantitative estimate of drug-likeness (QED) is 0.377. The molecule has 2 saturated heterocycles. The molecule has 4 atom stereocenters. The Balaban J connectivity index is 1.10. The number of nitrogens with one attached hydrogen (secondary N) is 2. The molecule has 0 saturated carbocycles. The van der Waals surface area contributed by atoms with Crippen molar-refractivity contribution >= 4 is 23.0 Å². The second kappa shape index (κ2) is 9.60. The fourth-order valence-corrected chi connectivity index (χ4v) is 4.61. The standard InChI is InChI=1S/C23H21FN8O3S/c24-14-1-3-15(4-2-14)26-22(36)27-18-11-33-21-19(12-34-20(18)21)32-23(28-29-30-32)35-17-7-5-16(6-8-17)31-10-9-25-13-31/h1-10,13,18-21H,11-12H2,(H2,26,27,36)/t18-,19+,20-,21+/m1/s1. The van der Waals surface area contributed by atoms with Gasteiger partial charge in [-0.3, -0.25) is 0 Å². The summed E-state index contributed by atoms with van der Waals surface area (Å²) in [6, 6.07) is 13.3. The van der Waals surface area contributed by atoms with E-state index in [1.165, 1.54) is 12.1 Å². The molecule has 184 valence electrons. The molecule has 2 aliphatic heterocycles. The zero-order valence-corrected chi connectivity index (χ0v) is 19.6. The number of tetrazole rings is 1. The van der Waals surface area contributed by atoms with E-state index in [9.17, 15) is 4.39 Å². The minimum atomic E-state index is -0.311. The molecule has 2 fully saturated rings. The first-order valence-electron chi connectivity index (χ1n) is 11.2. The Bertz CT molecular complexity index is 1330. The maximum absolute atomic E-state index is 13.1. The van der Waals surface area contributed by atoms with E-state index in [-0.39, 0.29) is 36.1 Å². The van der Waals surface area contributed by atoms with Gasteiger partial charge in [0, 0.05) is 23.8 Å². The normalized spacial score (nSPS) is 22.8. The minimum Gasteiger partial charge on any atom is -0.423 e. The van der Waals surface area contributed by atoms with Crippen molar-refractivity contribution in [1.82, 2.24) is 35.1 Å². The summed E-state index contributed by atoms with van der Waals surface area (Å²) >= 11 is 5.41.